The molecule has 4 nitrogen and oxygen atoms in total. The maximum absolute atomic E-state index is 11.7. The summed E-state index contributed by atoms with van der Waals surface area (Å²) in [7, 11) is 0. The Kier molecular flexibility index (Phi) is 4.77. The standard InChI is InChI=1S/C12H12O4.C2H6/c1-3-15-12(14)11-7(2)16-10-5-4-8(13)6-9(10)11;1-2/h4-6,13H,3H2,1-2H3;1-2H3. The number of carbonyl (C=O) groups is 1. The molecule has 18 heavy (non-hydrogen) atoms. The SMILES string of the molecule is CC.CCOC(=O)c1c(C)oc2ccc(O)cc12. The van der Waals surface area contributed by atoms with Crippen molar-refractivity contribution >= 4 is 16.9 Å². The van der Waals surface area contributed by atoms with Gasteiger partial charge in [0.15, 0.2) is 0 Å². The van der Waals surface area contributed by atoms with Crippen molar-refractivity contribution < 1.29 is 19.1 Å². The number of ether oxygens (including phenoxy) is 1. The molecule has 0 aliphatic carbocycles. The predicted octanol–water partition coefficient (Wildman–Crippen LogP) is 3.65. The smallest absolute Gasteiger partial charge is 0.342 e. The van der Waals surface area contributed by atoms with Gasteiger partial charge in [0.25, 0.3) is 0 Å². The number of aryl methyl sites for hydroxylation is 1. The van der Waals surface area contributed by atoms with E-state index in [0.717, 1.165) is 0 Å². The molecule has 0 fully saturated rings. The van der Waals surface area contributed by atoms with Gasteiger partial charge in [-0.3, -0.25) is 0 Å². The first-order chi connectivity index (χ1) is 8.63. The van der Waals surface area contributed by atoms with Gasteiger partial charge in [-0.1, -0.05) is 13.8 Å². The lowest BCUT2D eigenvalue weighted by Gasteiger charge is -2.00. The lowest BCUT2D eigenvalue weighted by atomic mass is 10.1. The average Bonchev–Trinajstić information content (AvgIpc) is 2.67. The molecule has 1 aromatic carbocycles. The number of aromatic hydroxyl groups is 1. The number of rotatable bonds is 2. The quantitative estimate of drug-likeness (QED) is 0.826. The Bertz CT molecular complexity index is 540. The van der Waals surface area contributed by atoms with Crippen LogP contribution in [0.1, 0.15) is 36.9 Å². The van der Waals surface area contributed by atoms with Crippen molar-refractivity contribution in [3.63, 3.8) is 0 Å². The minimum atomic E-state index is -0.427. The maximum Gasteiger partial charge on any atom is 0.342 e. The molecule has 4 heteroatoms. The van der Waals surface area contributed by atoms with E-state index < -0.39 is 5.97 Å². The van der Waals surface area contributed by atoms with Crippen LogP contribution in [0.3, 0.4) is 0 Å². The zero-order valence-electron chi connectivity index (χ0n) is 11.1. The highest BCUT2D eigenvalue weighted by molar-refractivity contribution is 6.04. The monoisotopic (exact) mass is 250 g/mol. The van der Waals surface area contributed by atoms with E-state index in [1.807, 2.05) is 13.8 Å². The molecule has 2 rings (SSSR count). The largest absolute Gasteiger partial charge is 0.508 e. The van der Waals surface area contributed by atoms with E-state index in [2.05, 4.69) is 0 Å². The summed E-state index contributed by atoms with van der Waals surface area (Å²) in [6, 6.07) is 4.64. The predicted molar refractivity (Wildman–Crippen MR) is 69.9 cm³/mol. The topological polar surface area (TPSA) is 59.7 Å². The fourth-order valence-electron chi connectivity index (χ4n) is 1.66. The first kappa shape index (κ1) is 14.1. The average molecular weight is 250 g/mol. The molecule has 2 aromatic rings. The van der Waals surface area contributed by atoms with Crippen molar-refractivity contribution in [3.05, 3.63) is 29.5 Å². The van der Waals surface area contributed by atoms with Gasteiger partial charge in [0.1, 0.15) is 22.7 Å². The molecule has 0 bridgehead atoms. The summed E-state index contributed by atoms with van der Waals surface area (Å²) in [6.45, 7) is 7.75. The Labute approximate surface area is 106 Å². The van der Waals surface area contributed by atoms with Gasteiger partial charge in [-0.25, -0.2) is 4.79 Å². The number of phenolic OH excluding ortho intramolecular Hbond substituents is 1. The van der Waals surface area contributed by atoms with Crippen molar-refractivity contribution in [1.29, 1.82) is 0 Å². The van der Waals surface area contributed by atoms with Crippen LogP contribution in [-0.2, 0) is 4.74 Å². The third-order valence-electron chi connectivity index (χ3n) is 2.33. The Morgan fingerprint density at radius 2 is 2.06 bits per heavy atom. The molecule has 98 valence electrons. The molecule has 0 unspecified atom stereocenters. The van der Waals surface area contributed by atoms with Gasteiger partial charge in [-0.15, -0.1) is 0 Å². The molecule has 1 aromatic heterocycles. The number of carbonyl (C=O) groups excluding carboxylic acids is 1. The van der Waals surface area contributed by atoms with Gasteiger partial charge >= 0.3 is 5.97 Å². The minimum Gasteiger partial charge on any atom is -0.508 e. The lowest BCUT2D eigenvalue weighted by molar-refractivity contribution is 0.0526. The fourth-order valence-corrected chi connectivity index (χ4v) is 1.66. The Hall–Kier alpha value is -1.97. The van der Waals surface area contributed by atoms with Gasteiger partial charge in [-0.2, -0.15) is 0 Å². The van der Waals surface area contributed by atoms with Crippen molar-refractivity contribution in [3.8, 4) is 5.75 Å². The maximum atomic E-state index is 11.7. The van der Waals surface area contributed by atoms with Crippen LogP contribution >= 0.6 is 0 Å². The molecule has 0 atom stereocenters. The number of phenols is 1. The van der Waals surface area contributed by atoms with E-state index >= 15 is 0 Å². The van der Waals surface area contributed by atoms with E-state index in [9.17, 15) is 9.90 Å². The molecule has 0 radical (unpaired) electrons. The second kappa shape index (κ2) is 6.10. The second-order valence-electron chi connectivity index (χ2n) is 3.43. The molecule has 1 N–H and O–H groups in total. The number of furan rings is 1. The van der Waals surface area contributed by atoms with Crippen molar-refractivity contribution in [2.45, 2.75) is 27.7 Å². The summed E-state index contributed by atoms with van der Waals surface area (Å²) in [5, 5.41) is 9.96. The number of fused-ring (bicyclic) bond motifs is 1. The number of esters is 1. The summed E-state index contributed by atoms with van der Waals surface area (Å²) in [4.78, 5) is 11.7. The normalized spacial score (nSPS) is 9.78. The molecule has 1 heterocycles. The fraction of sp³-hybridized carbons (Fsp3) is 0.357. The molecular formula is C14H18O4. The second-order valence-corrected chi connectivity index (χ2v) is 3.43. The highest BCUT2D eigenvalue weighted by Crippen LogP contribution is 2.28. The number of hydrogen-bond donors (Lipinski definition) is 1. The van der Waals surface area contributed by atoms with Crippen LogP contribution in [0.25, 0.3) is 11.0 Å². The van der Waals surface area contributed by atoms with Crippen LogP contribution in [0, 0.1) is 6.92 Å². The zero-order chi connectivity index (χ0) is 13.7. The van der Waals surface area contributed by atoms with E-state index in [1.165, 1.54) is 12.1 Å². The van der Waals surface area contributed by atoms with E-state index in [-0.39, 0.29) is 5.75 Å². The van der Waals surface area contributed by atoms with Crippen LogP contribution in [0.15, 0.2) is 22.6 Å². The number of hydrogen-bond acceptors (Lipinski definition) is 4. The van der Waals surface area contributed by atoms with Gasteiger partial charge in [-0.05, 0) is 32.0 Å². The minimum absolute atomic E-state index is 0.0962. The van der Waals surface area contributed by atoms with Crippen LogP contribution in [-0.4, -0.2) is 17.7 Å². The first-order valence-electron chi connectivity index (χ1n) is 6.02. The highest BCUT2D eigenvalue weighted by Gasteiger charge is 2.19. The van der Waals surface area contributed by atoms with Crippen LogP contribution in [0.4, 0.5) is 0 Å². The van der Waals surface area contributed by atoms with Crippen LogP contribution in [0.2, 0.25) is 0 Å². The van der Waals surface area contributed by atoms with Crippen molar-refractivity contribution in [1.82, 2.24) is 0 Å². The zero-order valence-corrected chi connectivity index (χ0v) is 11.1. The third-order valence-corrected chi connectivity index (χ3v) is 2.33. The van der Waals surface area contributed by atoms with E-state index in [4.69, 9.17) is 9.15 Å². The molecule has 0 aliphatic heterocycles. The summed E-state index contributed by atoms with van der Waals surface area (Å²) >= 11 is 0. The summed E-state index contributed by atoms with van der Waals surface area (Å²) in [5.74, 6) is 0.169. The van der Waals surface area contributed by atoms with Gasteiger partial charge in [0.2, 0.25) is 0 Å². The Morgan fingerprint density at radius 3 is 2.67 bits per heavy atom. The highest BCUT2D eigenvalue weighted by atomic mass is 16.5. The molecule has 0 saturated carbocycles. The van der Waals surface area contributed by atoms with Crippen molar-refractivity contribution in [2.24, 2.45) is 0 Å². The van der Waals surface area contributed by atoms with Crippen LogP contribution in [0.5, 0.6) is 5.75 Å². The third kappa shape index (κ3) is 2.64. The number of benzene rings is 1. The van der Waals surface area contributed by atoms with Gasteiger partial charge in [0.05, 0.1) is 6.61 Å². The summed E-state index contributed by atoms with van der Waals surface area (Å²) < 4.78 is 10.3. The Morgan fingerprint density at radius 1 is 1.39 bits per heavy atom. The van der Waals surface area contributed by atoms with E-state index in [0.29, 0.717) is 28.9 Å². The van der Waals surface area contributed by atoms with Gasteiger partial charge in [0, 0.05) is 5.39 Å². The lowest BCUT2D eigenvalue weighted by Crippen LogP contribution is -2.05. The molecule has 0 amide bonds. The van der Waals surface area contributed by atoms with Crippen LogP contribution < -0.4 is 0 Å². The summed E-state index contributed by atoms with van der Waals surface area (Å²) in [5.41, 5.74) is 0.950. The molecule has 0 aliphatic rings. The Balaban J connectivity index is 0.000000771. The molecule has 0 spiro atoms. The van der Waals surface area contributed by atoms with Gasteiger partial charge < -0.3 is 14.3 Å². The molecular weight excluding hydrogens is 232 g/mol. The van der Waals surface area contributed by atoms with E-state index in [1.54, 1.807) is 19.9 Å². The van der Waals surface area contributed by atoms with Crippen molar-refractivity contribution in [2.75, 3.05) is 6.61 Å². The summed E-state index contributed by atoms with van der Waals surface area (Å²) in [6.07, 6.45) is 0. The molecule has 0 saturated heterocycles. The first-order valence-corrected chi connectivity index (χ1v) is 6.02.